The normalized spacial score (nSPS) is 19.3. The van der Waals surface area contributed by atoms with Crippen molar-refractivity contribution < 1.29 is 22.7 Å². The fourth-order valence-corrected chi connectivity index (χ4v) is 3.98. The summed E-state index contributed by atoms with van der Waals surface area (Å²) in [4.78, 5) is 11.7. The van der Waals surface area contributed by atoms with Crippen molar-refractivity contribution in [3.8, 4) is 11.5 Å². The van der Waals surface area contributed by atoms with E-state index in [4.69, 9.17) is 9.47 Å². The molecule has 7 nitrogen and oxygen atoms in total. The van der Waals surface area contributed by atoms with Gasteiger partial charge >= 0.3 is 0 Å². The molecule has 1 fully saturated rings. The Labute approximate surface area is 136 Å². The Bertz CT molecular complexity index is 615. The predicted octanol–water partition coefficient (Wildman–Crippen LogP) is -0.0331. The summed E-state index contributed by atoms with van der Waals surface area (Å²) in [7, 11) is -1.37. The molecule has 1 atom stereocenters. The standard InChI is InChI=1S/C15H22N2O5S/c1-21-13-2-4-14(5-3-13)22-8-7-16-10-15(18)17-12-6-9-23(19,20)11-12/h2-5,12,16H,6-11H2,1H3,(H,17,18). The van der Waals surface area contributed by atoms with Crippen molar-refractivity contribution >= 4 is 15.7 Å². The highest BCUT2D eigenvalue weighted by Crippen LogP contribution is 2.16. The second-order valence-electron chi connectivity index (χ2n) is 5.37. The first-order chi connectivity index (χ1) is 11.0. The van der Waals surface area contributed by atoms with Crippen LogP contribution in [0.3, 0.4) is 0 Å². The summed E-state index contributed by atoms with van der Waals surface area (Å²) in [5, 5.41) is 5.68. The first-order valence-corrected chi connectivity index (χ1v) is 9.28. The number of hydrogen-bond donors (Lipinski definition) is 2. The second kappa shape index (κ2) is 8.16. The Balaban J connectivity index is 1.57. The molecule has 23 heavy (non-hydrogen) atoms. The molecule has 1 heterocycles. The first kappa shape index (κ1) is 17.6. The van der Waals surface area contributed by atoms with Crippen LogP contribution in [0.25, 0.3) is 0 Å². The lowest BCUT2D eigenvalue weighted by atomic mass is 10.2. The molecule has 128 valence electrons. The fraction of sp³-hybridized carbons (Fsp3) is 0.533. The number of rotatable bonds is 8. The highest BCUT2D eigenvalue weighted by molar-refractivity contribution is 7.91. The zero-order valence-corrected chi connectivity index (χ0v) is 13.9. The van der Waals surface area contributed by atoms with Crippen LogP contribution in [0.15, 0.2) is 24.3 Å². The molecule has 1 aliphatic rings. The largest absolute Gasteiger partial charge is 0.497 e. The topological polar surface area (TPSA) is 93.7 Å². The second-order valence-corrected chi connectivity index (χ2v) is 7.60. The van der Waals surface area contributed by atoms with Gasteiger partial charge in [-0.2, -0.15) is 0 Å². The van der Waals surface area contributed by atoms with Crippen molar-refractivity contribution in [1.29, 1.82) is 0 Å². The van der Waals surface area contributed by atoms with Gasteiger partial charge in [0.25, 0.3) is 0 Å². The lowest BCUT2D eigenvalue weighted by Gasteiger charge is -2.11. The van der Waals surface area contributed by atoms with Gasteiger partial charge < -0.3 is 20.1 Å². The van der Waals surface area contributed by atoms with Gasteiger partial charge in [0, 0.05) is 12.6 Å². The zero-order valence-electron chi connectivity index (χ0n) is 13.1. The Morgan fingerprint density at radius 3 is 2.57 bits per heavy atom. The molecule has 1 aliphatic heterocycles. The fourth-order valence-electron chi connectivity index (χ4n) is 2.30. The molecule has 0 bridgehead atoms. The number of nitrogens with one attached hydrogen (secondary N) is 2. The molecule has 8 heteroatoms. The minimum atomic E-state index is -2.97. The van der Waals surface area contributed by atoms with E-state index in [9.17, 15) is 13.2 Å². The van der Waals surface area contributed by atoms with Crippen molar-refractivity contribution in [2.24, 2.45) is 0 Å². The van der Waals surface area contributed by atoms with E-state index in [1.54, 1.807) is 7.11 Å². The van der Waals surface area contributed by atoms with E-state index in [1.807, 2.05) is 24.3 Å². The van der Waals surface area contributed by atoms with Crippen molar-refractivity contribution in [2.45, 2.75) is 12.5 Å². The number of carbonyl (C=O) groups is 1. The smallest absolute Gasteiger partial charge is 0.234 e. The van der Waals surface area contributed by atoms with Crippen LogP contribution in [0, 0.1) is 0 Å². The highest BCUT2D eigenvalue weighted by atomic mass is 32.2. The van der Waals surface area contributed by atoms with Gasteiger partial charge in [-0.1, -0.05) is 0 Å². The summed E-state index contributed by atoms with van der Waals surface area (Å²) in [6.45, 7) is 1.09. The van der Waals surface area contributed by atoms with Crippen molar-refractivity contribution in [2.75, 3.05) is 38.3 Å². The van der Waals surface area contributed by atoms with Crippen molar-refractivity contribution in [3.05, 3.63) is 24.3 Å². The number of benzene rings is 1. The summed E-state index contributed by atoms with van der Waals surface area (Å²) in [5.41, 5.74) is 0. The van der Waals surface area contributed by atoms with E-state index >= 15 is 0 Å². The van der Waals surface area contributed by atoms with E-state index in [1.165, 1.54) is 0 Å². The third-order valence-electron chi connectivity index (χ3n) is 3.49. The van der Waals surface area contributed by atoms with Crippen LogP contribution in [-0.2, 0) is 14.6 Å². The van der Waals surface area contributed by atoms with Gasteiger partial charge in [-0.05, 0) is 30.7 Å². The van der Waals surface area contributed by atoms with Gasteiger partial charge in [-0.3, -0.25) is 4.79 Å². The van der Waals surface area contributed by atoms with Gasteiger partial charge in [0.1, 0.15) is 18.1 Å². The molecule has 1 amide bonds. The molecule has 2 rings (SSSR count). The Kier molecular flexibility index (Phi) is 6.23. The summed E-state index contributed by atoms with van der Waals surface area (Å²) < 4.78 is 33.2. The maximum atomic E-state index is 11.7. The quantitative estimate of drug-likeness (QED) is 0.644. The molecule has 1 unspecified atom stereocenters. The number of hydrogen-bond acceptors (Lipinski definition) is 6. The Morgan fingerprint density at radius 1 is 1.26 bits per heavy atom. The SMILES string of the molecule is COc1ccc(OCCNCC(=O)NC2CCS(=O)(=O)C2)cc1. The number of amides is 1. The maximum absolute atomic E-state index is 11.7. The number of sulfone groups is 1. The molecule has 1 aromatic carbocycles. The molecule has 0 aliphatic carbocycles. The maximum Gasteiger partial charge on any atom is 0.234 e. The van der Waals surface area contributed by atoms with Gasteiger partial charge in [0.15, 0.2) is 9.84 Å². The summed E-state index contributed by atoms with van der Waals surface area (Å²) in [5.74, 6) is 1.49. The average molecular weight is 342 g/mol. The minimum absolute atomic E-state index is 0.0410. The third-order valence-corrected chi connectivity index (χ3v) is 5.26. The highest BCUT2D eigenvalue weighted by Gasteiger charge is 2.28. The van der Waals surface area contributed by atoms with Crippen LogP contribution < -0.4 is 20.1 Å². The molecular weight excluding hydrogens is 320 g/mol. The molecule has 0 saturated carbocycles. The number of carbonyl (C=O) groups excluding carboxylic acids is 1. The predicted molar refractivity (Wildman–Crippen MR) is 86.6 cm³/mol. The average Bonchev–Trinajstić information content (AvgIpc) is 2.86. The molecule has 0 radical (unpaired) electrons. The third kappa shape index (κ3) is 6.07. The van der Waals surface area contributed by atoms with Crippen LogP contribution in [0.1, 0.15) is 6.42 Å². The zero-order chi connectivity index (χ0) is 16.7. The van der Waals surface area contributed by atoms with Gasteiger partial charge in [-0.15, -0.1) is 0 Å². The van der Waals surface area contributed by atoms with E-state index < -0.39 is 9.84 Å². The molecule has 0 spiro atoms. The van der Waals surface area contributed by atoms with E-state index in [-0.39, 0.29) is 30.0 Å². The summed E-state index contributed by atoms with van der Waals surface area (Å²) in [6.07, 6.45) is 0.495. The Morgan fingerprint density at radius 2 is 1.96 bits per heavy atom. The molecule has 1 aromatic rings. The van der Waals surface area contributed by atoms with Gasteiger partial charge in [0.2, 0.25) is 5.91 Å². The summed E-state index contributed by atoms with van der Waals surface area (Å²) in [6, 6.07) is 6.99. The number of methoxy groups -OCH3 is 1. The van der Waals surface area contributed by atoms with Gasteiger partial charge in [-0.25, -0.2) is 8.42 Å². The minimum Gasteiger partial charge on any atom is -0.497 e. The van der Waals surface area contributed by atoms with Crippen LogP contribution >= 0.6 is 0 Å². The van der Waals surface area contributed by atoms with Gasteiger partial charge in [0.05, 0.1) is 25.2 Å². The molecular formula is C15H22N2O5S. The Hall–Kier alpha value is -1.80. The lowest BCUT2D eigenvalue weighted by Crippen LogP contribution is -2.41. The first-order valence-electron chi connectivity index (χ1n) is 7.46. The van der Waals surface area contributed by atoms with Crippen LogP contribution in [-0.4, -0.2) is 58.7 Å². The summed E-state index contributed by atoms with van der Waals surface area (Å²) >= 11 is 0. The van der Waals surface area contributed by atoms with E-state index in [0.717, 1.165) is 11.5 Å². The van der Waals surface area contributed by atoms with Crippen LogP contribution in [0.5, 0.6) is 11.5 Å². The van der Waals surface area contributed by atoms with E-state index in [0.29, 0.717) is 19.6 Å². The van der Waals surface area contributed by atoms with Crippen molar-refractivity contribution in [1.82, 2.24) is 10.6 Å². The monoisotopic (exact) mass is 342 g/mol. The van der Waals surface area contributed by atoms with E-state index in [2.05, 4.69) is 10.6 Å². The van der Waals surface area contributed by atoms with Crippen LogP contribution in [0.4, 0.5) is 0 Å². The van der Waals surface area contributed by atoms with Crippen molar-refractivity contribution in [3.63, 3.8) is 0 Å². The lowest BCUT2D eigenvalue weighted by molar-refractivity contribution is -0.120. The molecule has 2 N–H and O–H groups in total. The number of ether oxygens (including phenoxy) is 2. The molecule has 0 aromatic heterocycles. The van der Waals surface area contributed by atoms with Crippen LogP contribution in [0.2, 0.25) is 0 Å². The molecule has 1 saturated heterocycles.